The van der Waals surface area contributed by atoms with Crippen LogP contribution in [-0.2, 0) is 33.5 Å². The number of amides is 1. The Morgan fingerprint density at radius 3 is 2.71 bits per heavy atom. The second kappa shape index (κ2) is 9.18. The summed E-state index contributed by atoms with van der Waals surface area (Å²) in [6.07, 6.45) is 5.95. The molecule has 1 unspecified atom stereocenters. The van der Waals surface area contributed by atoms with Gasteiger partial charge in [0, 0.05) is 50.5 Å². The Morgan fingerprint density at radius 2 is 1.89 bits per heavy atom. The highest BCUT2D eigenvalue weighted by atomic mass is 16.5. The van der Waals surface area contributed by atoms with Crippen LogP contribution >= 0.6 is 0 Å². The molecule has 28 heavy (non-hydrogen) atoms. The van der Waals surface area contributed by atoms with Gasteiger partial charge in [-0.2, -0.15) is 4.98 Å². The van der Waals surface area contributed by atoms with Gasteiger partial charge in [0.05, 0.1) is 25.5 Å². The Labute approximate surface area is 166 Å². The van der Waals surface area contributed by atoms with Gasteiger partial charge in [0.1, 0.15) is 11.9 Å². The zero-order chi connectivity index (χ0) is 19.3. The Kier molecular flexibility index (Phi) is 6.42. The minimum Gasteiger partial charge on any atom is -0.472 e. The maximum Gasteiger partial charge on any atom is 0.225 e. The number of piperidine rings is 1. The molecule has 3 aliphatic heterocycles. The van der Waals surface area contributed by atoms with Crippen molar-refractivity contribution in [1.29, 1.82) is 0 Å². The fourth-order valence-corrected chi connectivity index (χ4v) is 4.31. The van der Waals surface area contributed by atoms with Crippen LogP contribution in [0.25, 0.3) is 0 Å². The number of rotatable bonds is 4. The van der Waals surface area contributed by atoms with Gasteiger partial charge in [0.15, 0.2) is 0 Å². The van der Waals surface area contributed by atoms with Crippen LogP contribution in [0.3, 0.4) is 0 Å². The summed E-state index contributed by atoms with van der Waals surface area (Å²) in [5.41, 5.74) is 2.15. The fourth-order valence-electron chi connectivity index (χ4n) is 4.31. The van der Waals surface area contributed by atoms with E-state index in [1.165, 1.54) is 0 Å². The molecule has 154 valence electrons. The third-order valence-corrected chi connectivity index (χ3v) is 5.94. The molecule has 0 radical (unpaired) electrons. The van der Waals surface area contributed by atoms with Gasteiger partial charge in [0.2, 0.25) is 11.8 Å². The maximum atomic E-state index is 12.9. The van der Waals surface area contributed by atoms with Crippen LogP contribution in [0, 0.1) is 5.92 Å². The van der Waals surface area contributed by atoms with E-state index in [4.69, 9.17) is 24.2 Å². The Hall–Kier alpha value is -1.73. The Bertz CT molecular complexity index is 690. The van der Waals surface area contributed by atoms with Crippen molar-refractivity contribution in [3.8, 4) is 5.88 Å². The van der Waals surface area contributed by atoms with Crippen LogP contribution in [0.1, 0.15) is 49.7 Å². The normalized spacial score (nSPS) is 23.8. The molecular weight excluding hydrogens is 358 g/mol. The zero-order valence-corrected chi connectivity index (χ0v) is 16.8. The van der Waals surface area contributed by atoms with Crippen LogP contribution in [0.4, 0.5) is 0 Å². The van der Waals surface area contributed by atoms with E-state index in [-0.39, 0.29) is 17.9 Å². The van der Waals surface area contributed by atoms with Gasteiger partial charge in [-0.25, -0.2) is 4.98 Å². The third-order valence-electron chi connectivity index (χ3n) is 5.94. The molecule has 1 amide bonds. The molecular formula is C21H31N3O4. The number of likely N-dealkylation sites (tertiary alicyclic amines) is 1. The molecule has 1 atom stereocenters. The van der Waals surface area contributed by atoms with Crippen LogP contribution in [0.2, 0.25) is 0 Å². The molecule has 7 nitrogen and oxygen atoms in total. The van der Waals surface area contributed by atoms with Crippen molar-refractivity contribution in [3.05, 3.63) is 17.1 Å². The highest BCUT2D eigenvalue weighted by molar-refractivity contribution is 5.79. The summed E-state index contributed by atoms with van der Waals surface area (Å²) >= 11 is 0. The van der Waals surface area contributed by atoms with Gasteiger partial charge in [0.25, 0.3) is 0 Å². The van der Waals surface area contributed by atoms with Gasteiger partial charge in [-0.1, -0.05) is 6.92 Å². The summed E-state index contributed by atoms with van der Waals surface area (Å²) in [6, 6.07) is 0. The van der Waals surface area contributed by atoms with E-state index in [1.54, 1.807) is 0 Å². The lowest BCUT2D eigenvalue weighted by molar-refractivity contribution is -0.141. The van der Waals surface area contributed by atoms with E-state index < -0.39 is 0 Å². The number of aryl methyl sites for hydroxylation is 1. The molecule has 1 aromatic heterocycles. The quantitative estimate of drug-likeness (QED) is 0.784. The van der Waals surface area contributed by atoms with E-state index in [0.29, 0.717) is 38.9 Å². The molecule has 0 spiro atoms. The number of ether oxygens (including phenoxy) is 3. The summed E-state index contributed by atoms with van der Waals surface area (Å²) in [5.74, 6) is 1.90. The second-order valence-corrected chi connectivity index (χ2v) is 7.89. The lowest BCUT2D eigenvalue weighted by Crippen LogP contribution is -2.47. The van der Waals surface area contributed by atoms with Crippen molar-refractivity contribution in [2.45, 2.75) is 58.0 Å². The van der Waals surface area contributed by atoms with Crippen LogP contribution in [0.15, 0.2) is 0 Å². The van der Waals surface area contributed by atoms with Crippen molar-refractivity contribution in [2.24, 2.45) is 5.92 Å². The number of aromatic nitrogens is 2. The standard InChI is InChI=1S/C21H31N3O4/c1-2-19-22-18-8-13-27-12-7-17(18)20(23-19)28-16-4-3-9-24(14-16)21(25)15-5-10-26-11-6-15/h15-16H,2-14H2,1H3. The summed E-state index contributed by atoms with van der Waals surface area (Å²) in [4.78, 5) is 24.3. The molecule has 0 saturated carbocycles. The minimum absolute atomic E-state index is 0.00887. The molecule has 3 aliphatic rings. The van der Waals surface area contributed by atoms with E-state index >= 15 is 0 Å². The number of carbonyl (C=O) groups is 1. The van der Waals surface area contributed by atoms with Crippen LogP contribution in [0.5, 0.6) is 5.88 Å². The molecule has 0 bridgehead atoms. The second-order valence-electron chi connectivity index (χ2n) is 7.89. The Balaban J connectivity index is 1.47. The minimum atomic E-state index is -0.00887. The van der Waals surface area contributed by atoms with Crippen LogP contribution < -0.4 is 4.74 Å². The number of hydrogen-bond donors (Lipinski definition) is 0. The monoisotopic (exact) mass is 389 g/mol. The van der Waals surface area contributed by atoms with Crippen molar-refractivity contribution in [2.75, 3.05) is 39.5 Å². The summed E-state index contributed by atoms with van der Waals surface area (Å²) in [6.45, 7) is 6.30. The van der Waals surface area contributed by atoms with E-state index in [9.17, 15) is 4.79 Å². The first-order chi connectivity index (χ1) is 13.7. The first-order valence-corrected chi connectivity index (χ1v) is 10.7. The summed E-state index contributed by atoms with van der Waals surface area (Å²) in [5, 5.41) is 0. The highest BCUT2D eigenvalue weighted by Crippen LogP contribution is 2.27. The molecule has 2 saturated heterocycles. The smallest absolute Gasteiger partial charge is 0.225 e. The number of carbonyl (C=O) groups excluding carboxylic acids is 1. The number of hydrogen-bond acceptors (Lipinski definition) is 6. The van der Waals surface area contributed by atoms with Gasteiger partial charge >= 0.3 is 0 Å². The average Bonchev–Trinajstić information content (AvgIpc) is 2.99. The predicted molar refractivity (Wildman–Crippen MR) is 103 cm³/mol. The number of nitrogens with zero attached hydrogens (tertiary/aromatic N) is 3. The van der Waals surface area contributed by atoms with Crippen LogP contribution in [-0.4, -0.2) is 66.4 Å². The van der Waals surface area contributed by atoms with Gasteiger partial charge < -0.3 is 19.1 Å². The highest BCUT2D eigenvalue weighted by Gasteiger charge is 2.31. The van der Waals surface area contributed by atoms with Crippen molar-refractivity contribution in [3.63, 3.8) is 0 Å². The van der Waals surface area contributed by atoms with E-state index in [2.05, 4.69) is 6.92 Å². The average molecular weight is 389 g/mol. The largest absolute Gasteiger partial charge is 0.472 e. The fraction of sp³-hybridized carbons (Fsp3) is 0.762. The van der Waals surface area contributed by atoms with Crippen molar-refractivity contribution >= 4 is 5.91 Å². The molecule has 0 aromatic carbocycles. The molecule has 4 heterocycles. The Morgan fingerprint density at radius 1 is 1.11 bits per heavy atom. The van der Waals surface area contributed by atoms with E-state index in [1.807, 2.05) is 4.90 Å². The van der Waals surface area contributed by atoms with E-state index in [0.717, 1.165) is 68.6 Å². The summed E-state index contributed by atoms with van der Waals surface area (Å²) in [7, 11) is 0. The zero-order valence-electron chi connectivity index (χ0n) is 16.8. The maximum absolute atomic E-state index is 12.9. The lowest BCUT2D eigenvalue weighted by Gasteiger charge is -2.36. The van der Waals surface area contributed by atoms with Crippen molar-refractivity contribution < 1.29 is 19.0 Å². The lowest BCUT2D eigenvalue weighted by atomic mass is 9.97. The predicted octanol–water partition coefficient (Wildman–Crippen LogP) is 1.95. The molecule has 0 N–H and O–H groups in total. The third kappa shape index (κ3) is 4.46. The molecule has 4 rings (SSSR count). The molecule has 0 aliphatic carbocycles. The first kappa shape index (κ1) is 19.6. The summed E-state index contributed by atoms with van der Waals surface area (Å²) < 4.78 is 17.4. The first-order valence-electron chi connectivity index (χ1n) is 10.7. The molecule has 1 aromatic rings. The SMILES string of the molecule is CCc1nc2c(c(OC3CCCN(C(=O)C4CCOCC4)C3)n1)CCOCC2. The van der Waals surface area contributed by atoms with Gasteiger partial charge in [-0.15, -0.1) is 0 Å². The van der Waals surface area contributed by atoms with Gasteiger partial charge in [-0.3, -0.25) is 4.79 Å². The topological polar surface area (TPSA) is 73.8 Å². The van der Waals surface area contributed by atoms with Crippen molar-refractivity contribution in [1.82, 2.24) is 14.9 Å². The van der Waals surface area contributed by atoms with Gasteiger partial charge in [-0.05, 0) is 25.7 Å². The number of fused-ring (bicyclic) bond motifs is 1. The molecule has 7 heteroatoms. The molecule has 2 fully saturated rings.